The normalized spacial score (nSPS) is 11.7. The third-order valence-electron chi connectivity index (χ3n) is 5.89. The molecule has 0 radical (unpaired) electrons. The van der Waals surface area contributed by atoms with Crippen LogP contribution < -0.4 is 0 Å². The standard InChI is InChI=1S/C28H34O2S/c1-23(2)31(29,30)22-10-5-3-4-7-11-24-14-16-26(17-15-24)28-20-18-27(19-21-28)25-12-8-6-9-13-25/h6,8-9,12-21,23H,3-5,7,10-11,22H2,1-2H3. The van der Waals surface area contributed by atoms with Crippen molar-refractivity contribution >= 4 is 9.84 Å². The molecule has 0 N–H and O–H groups in total. The molecule has 0 atom stereocenters. The van der Waals surface area contributed by atoms with Gasteiger partial charge in [0.15, 0.2) is 9.84 Å². The number of hydrogen-bond acceptors (Lipinski definition) is 2. The van der Waals surface area contributed by atoms with Crippen LogP contribution in [-0.2, 0) is 16.3 Å². The van der Waals surface area contributed by atoms with Crippen LogP contribution in [0.4, 0.5) is 0 Å². The van der Waals surface area contributed by atoms with Crippen LogP contribution in [0.25, 0.3) is 22.3 Å². The molecule has 3 rings (SSSR count). The summed E-state index contributed by atoms with van der Waals surface area (Å²) in [6, 6.07) is 28.1. The summed E-state index contributed by atoms with van der Waals surface area (Å²) in [5.41, 5.74) is 6.33. The molecule has 0 spiro atoms. The molecule has 0 bridgehead atoms. The zero-order chi connectivity index (χ0) is 22.1. The van der Waals surface area contributed by atoms with Crippen LogP contribution in [0.15, 0.2) is 78.9 Å². The predicted octanol–water partition coefficient (Wildman–Crippen LogP) is 7.34. The van der Waals surface area contributed by atoms with Gasteiger partial charge in [-0.05, 0) is 60.9 Å². The van der Waals surface area contributed by atoms with Gasteiger partial charge in [0, 0.05) is 0 Å². The van der Waals surface area contributed by atoms with E-state index in [1.165, 1.54) is 27.8 Å². The minimum Gasteiger partial charge on any atom is -0.229 e. The first-order chi connectivity index (χ1) is 15.0. The summed E-state index contributed by atoms with van der Waals surface area (Å²) >= 11 is 0. The van der Waals surface area contributed by atoms with E-state index in [-0.39, 0.29) is 5.25 Å². The number of hydrogen-bond donors (Lipinski definition) is 0. The topological polar surface area (TPSA) is 34.1 Å². The molecule has 0 saturated heterocycles. The van der Waals surface area contributed by atoms with Crippen molar-refractivity contribution in [1.82, 2.24) is 0 Å². The predicted molar refractivity (Wildman–Crippen MR) is 133 cm³/mol. The Morgan fingerprint density at radius 1 is 0.581 bits per heavy atom. The van der Waals surface area contributed by atoms with Crippen LogP contribution in [-0.4, -0.2) is 19.4 Å². The van der Waals surface area contributed by atoms with E-state index in [9.17, 15) is 8.42 Å². The van der Waals surface area contributed by atoms with Crippen molar-refractivity contribution in [3.63, 3.8) is 0 Å². The summed E-state index contributed by atoms with van der Waals surface area (Å²) in [5, 5.41) is -0.253. The highest BCUT2D eigenvalue weighted by Crippen LogP contribution is 2.25. The molecule has 31 heavy (non-hydrogen) atoms. The second kappa shape index (κ2) is 11.3. The summed E-state index contributed by atoms with van der Waals surface area (Å²) in [5.74, 6) is 0.332. The zero-order valence-electron chi connectivity index (χ0n) is 18.8. The van der Waals surface area contributed by atoms with E-state index in [4.69, 9.17) is 0 Å². The minimum absolute atomic E-state index is 0.253. The fraction of sp³-hybridized carbons (Fsp3) is 0.357. The summed E-state index contributed by atoms with van der Waals surface area (Å²) in [4.78, 5) is 0. The van der Waals surface area contributed by atoms with Gasteiger partial charge in [0.05, 0.1) is 11.0 Å². The summed E-state index contributed by atoms with van der Waals surface area (Å²) < 4.78 is 23.6. The highest BCUT2D eigenvalue weighted by atomic mass is 32.2. The molecule has 3 aromatic rings. The van der Waals surface area contributed by atoms with Gasteiger partial charge < -0.3 is 0 Å². The first-order valence-electron chi connectivity index (χ1n) is 11.4. The quantitative estimate of drug-likeness (QED) is 0.296. The molecular formula is C28H34O2S. The van der Waals surface area contributed by atoms with Crippen LogP contribution in [0.2, 0.25) is 0 Å². The lowest BCUT2D eigenvalue weighted by Crippen LogP contribution is -2.17. The van der Waals surface area contributed by atoms with Gasteiger partial charge in [0.1, 0.15) is 0 Å². The molecule has 0 fully saturated rings. The number of unbranched alkanes of at least 4 members (excludes halogenated alkanes) is 4. The maximum Gasteiger partial charge on any atom is 0.152 e. The fourth-order valence-corrected chi connectivity index (χ4v) is 4.83. The Hall–Kier alpha value is -2.39. The SMILES string of the molecule is CC(C)S(=O)(=O)CCCCCCCc1ccc(-c2ccc(-c3ccccc3)cc2)cc1. The third-order valence-corrected chi connectivity index (χ3v) is 8.19. The van der Waals surface area contributed by atoms with E-state index in [2.05, 4.69) is 72.8 Å². The van der Waals surface area contributed by atoms with Crippen molar-refractivity contribution in [3.05, 3.63) is 84.4 Å². The Morgan fingerprint density at radius 3 is 1.58 bits per heavy atom. The van der Waals surface area contributed by atoms with Gasteiger partial charge in [-0.15, -0.1) is 0 Å². The lowest BCUT2D eigenvalue weighted by atomic mass is 9.98. The van der Waals surface area contributed by atoms with Gasteiger partial charge in [-0.2, -0.15) is 0 Å². The molecule has 0 aliphatic carbocycles. The lowest BCUT2D eigenvalue weighted by molar-refractivity contribution is 0.577. The highest BCUT2D eigenvalue weighted by molar-refractivity contribution is 7.91. The van der Waals surface area contributed by atoms with Crippen LogP contribution in [0.1, 0.15) is 51.5 Å². The molecule has 0 aliphatic heterocycles. The van der Waals surface area contributed by atoms with E-state index >= 15 is 0 Å². The zero-order valence-corrected chi connectivity index (χ0v) is 19.6. The first-order valence-corrected chi connectivity index (χ1v) is 13.1. The van der Waals surface area contributed by atoms with Crippen molar-refractivity contribution < 1.29 is 8.42 Å². The summed E-state index contributed by atoms with van der Waals surface area (Å²) in [6.07, 6.45) is 6.30. The molecule has 0 unspecified atom stereocenters. The molecule has 0 amide bonds. The van der Waals surface area contributed by atoms with Crippen LogP contribution >= 0.6 is 0 Å². The van der Waals surface area contributed by atoms with E-state index in [0.717, 1.165) is 38.5 Å². The van der Waals surface area contributed by atoms with Crippen LogP contribution in [0.5, 0.6) is 0 Å². The molecule has 164 valence electrons. The Bertz CT molecular complexity index is 1020. The molecule has 3 heteroatoms. The number of aryl methyl sites for hydroxylation is 1. The molecular weight excluding hydrogens is 400 g/mol. The summed E-state index contributed by atoms with van der Waals surface area (Å²) in [7, 11) is -2.88. The van der Waals surface area contributed by atoms with Crippen molar-refractivity contribution in [2.45, 2.75) is 57.6 Å². The Morgan fingerprint density at radius 2 is 1.03 bits per heavy atom. The van der Waals surface area contributed by atoms with E-state index in [1.807, 2.05) is 6.07 Å². The number of benzene rings is 3. The summed E-state index contributed by atoms with van der Waals surface area (Å²) in [6.45, 7) is 3.53. The second-order valence-corrected chi connectivity index (χ2v) is 11.3. The average molecular weight is 435 g/mol. The molecule has 0 saturated carbocycles. The maximum absolute atomic E-state index is 11.8. The van der Waals surface area contributed by atoms with E-state index < -0.39 is 9.84 Å². The van der Waals surface area contributed by atoms with Crippen molar-refractivity contribution in [3.8, 4) is 22.3 Å². The van der Waals surface area contributed by atoms with Gasteiger partial charge in [-0.3, -0.25) is 0 Å². The van der Waals surface area contributed by atoms with E-state index in [0.29, 0.717) is 5.75 Å². The lowest BCUT2D eigenvalue weighted by Gasteiger charge is -2.08. The van der Waals surface area contributed by atoms with Crippen molar-refractivity contribution in [2.24, 2.45) is 0 Å². The van der Waals surface area contributed by atoms with Crippen molar-refractivity contribution in [1.29, 1.82) is 0 Å². The molecule has 0 aliphatic rings. The molecule has 3 aromatic carbocycles. The minimum atomic E-state index is -2.88. The Balaban J connectivity index is 1.41. The van der Waals surface area contributed by atoms with E-state index in [1.54, 1.807) is 13.8 Å². The van der Waals surface area contributed by atoms with Gasteiger partial charge in [-0.1, -0.05) is 98.1 Å². The second-order valence-electron chi connectivity index (χ2n) is 8.57. The van der Waals surface area contributed by atoms with Gasteiger partial charge in [-0.25, -0.2) is 8.42 Å². The first kappa shape index (κ1) is 23.3. The molecule has 0 aromatic heterocycles. The Labute approximate surface area is 188 Å². The molecule has 2 nitrogen and oxygen atoms in total. The smallest absolute Gasteiger partial charge is 0.152 e. The maximum atomic E-state index is 11.8. The monoisotopic (exact) mass is 434 g/mol. The fourth-order valence-electron chi connectivity index (χ4n) is 3.75. The average Bonchev–Trinajstić information content (AvgIpc) is 2.79. The third kappa shape index (κ3) is 7.07. The number of sulfone groups is 1. The largest absolute Gasteiger partial charge is 0.229 e. The van der Waals surface area contributed by atoms with Crippen molar-refractivity contribution in [2.75, 3.05) is 5.75 Å². The van der Waals surface area contributed by atoms with Crippen LogP contribution in [0, 0.1) is 0 Å². The number of rotatable bonds is 11. The van der Waals surface area contributed by atoms with Gasteiger partial charge in [0.25, 0.3) is 0 Å². The molecule has 0 heterocycles. The highest BCUT2D eigenvalue weighted by Gasteiger charge is 2.14. The van der Waals surface area contributed by atoms with Gasteiger partial charge >= 0.3 is 0 Å². The van der Waals surface area contributed by atoms with Gasteiger partial charge in [0.2, 0.25) is 0 Å². The van der Waals surface area contributed by atoms with Crippen LogP contribution in [0.3, 0.4) is 0 Å². The Kier molecular flexibility index (Phi) is 8.48.